The van der Waals surface area contributed by atoms with Crippen LogP contribution in [0.2, 0.25) is 0 Å². The van der Waals surface area contributed by atoms with Crippen molar-refractivity contribution in [1.29, 1.82) is 0 Å². The van der Waals surface area contributed by atoms with Crippen LogP contribution in [-0.4, -0.2) is 13.0 Å². The van der Waals surface area contributed by atoms with E-state index in [1.165, 1.54) is 12.1 Å². The Morgan fingerprint density at radius 2 is 2.00 bits per heavy atom. The van der Waals surface area contributed by atoms with Crippen LogP contribution in [0.25, 0.3) is 6.08 Å². The maximum atomic E-state index is 10.6. The standard InChI is InChI=1S/C9H10O3S.Na/c1-3-8-4-5-9(6-7(8)2)13(10,11)12;/h3-6H,1H2,2H3,(H,10,11,12);/q;+1/p-1. The second kappa shape index (κ2) is 5.09. The van der Waals surface area contributed by atoms with Crippen molar-refractivity contribution in [3.05, 3.63) is 35.9 Å². The third-order valence-corrected chi connectivity index (χ3v) is 2.58. The van der Waals surface area contributed by atoms with Crippen LogP contribution in [0.15, 0.2) is 29.7 Å². The smallest absolute Gasteiger partial charge is 0.744 e. The summed E-state index contributed by atoms with van der Waals surface area (Å²) in [5.74, 6) is 0. The van der Waals surface area contributed by atoms with Gasteiger partial charge in [0, 0.05) is 0 Å². The largest absolute Gasteiger partial charge is 1.00 e. The van der Waals surface area contributed by atoms with Crippen LogP contribution < -0.4 is 29.6 Å². The summed E-state index contributed by atoms with van der Waals surface area (Å²) < 4.78 is 31.8. The molecule has 0 spiro atoms. The van der Waals surface area contributed by atoms with Crippen LogP contribution in [0.4, 0.5) is 0 Å². The summed E-state index contributed by atoms with van der Waals surface area (Å²) >= 11 is 0. The molecular weight excluding hydrogens is 211 g/mol. The van der Waals surface area contributed by atoms with E-state index in [0.717, 1.165) is 11.1 Å². The van der Waals surface area contributed by atoms with Crippen molar-refractivity contribution in [3.8, 4) is 0 Å². The zero-order valence-corrected chi connectivity index (χ0v) is 11.0. The fraction of sp³-hybridized carbons (Fsp3) is 0.111. The van der Waals surface area contributed by atoms with E-state index in [-0.39, 0.29) is 34.5 Å². The Morgan fingerprint density at radius 1 is 1.43 bits per heavy atom. The van der Waals surface area contributed by atoms with Gasteiger partial charge in [-0.15, -0.1) is 0 Å². The summed E-state index contributed by atoms with van der Waals surface area (Å²) in [6.45, 7) is 5.28. The van der Waals surface area contributed by atoms with E-state index >= 15 is 0 Å². The molecule has 0 bridgehead atoms. The fourth-order valence-electron chi connectivity index (χ4n) is 1.03. The van der Waals surface area contributed by atoms with Crippen molar-refractivity contribution >= 4 is 16.2 Å². The monoisotopic (exact) mass is 220 g/mol. The molecule has 3 nitrogen and oxygen atoms in total. The Kier molecular flexibility index (Phi) is 5.05. The molecule has 0 aliphatic carbocycles. The van der Waals surface area contributed by atoms with Gasteiger partial charge in [0.05, 0.1) is 4.90 Å². The van der Waals surface area contributed by atoms with Gasteiger partial charge in [-0.2, -0.15) is 0 Å². The summed E-state index contributed by atoms with van der Waals surface area (Å²) in [4.78, 5) is -0.199. The van der Waals surface area contributed by atoms with Gasteiger partial charge in [-0.25, -0.2) is 8.42 Å². The average Bonchev–Trinajstić information content (AvgIpc) is 2.02. The number of hydrogen-bond donors (Lipinski definition) is 0. The van der Waals surface area contributed by atoms with Crippen molar-refractivity contribution in [2.45, 2.75) is 11.8 Å². The molecule has 0 heterocycles. The molecule has 0 fully saturated rings. The van der Waals surface area contributed by atoms with E-state index in [4.69, 9.17) is 0 Å². The Hall–Kier alpha value is -0.130. The summed E-state index contributed by atoms with van der Waals surface area (Å²) in [6, 6.07) is 4.19. The van der Waals surface area contributed by atoms with Crippen LogP contribution in [0.3, 0.4) is 0 Å². The first-order valence-corrected chi connectivity index (χ1v) is 5.05. The molecule has 0 N–H and O–H groups in total. The zero-order valence-electron chi connectivity index (χ0n) is 8.15. The Labute approximate surface area is 106 Å². The Balaban J connectivity index is 0.00000169. The molecule has 0 saturated carbocycles. The predicted molar refractivity (Wildman–Crippen MR) is 49.2 cm³/mol. The van der Waals surface area contributed by atoms with E-state index in [1.807, 2.05) is 0 Å². The van der Waals surface area contributed by atoms with Crippen LogP contribution in [0.1, 0.15) is 11.1 Å². The second-order valence-electron chi connectivity index (χ2n) is 2.68. The molecular formula is C9H9NaO3S. The van der Waals surface area contributed by atoms with Crippen molar-refractivity contribution < 1.29 is 42.5 Å². The van der Waals surface area contributed by atoms with Gasteiger partial charge in [-0.05, 0) is 30.2 Å². The fourth-order valence-corrected chi connectivity index (χ4v) is 1.59. The van der Waals surface area contributed by atoms with Gasteiger partial charge in [0.1, 0.15) is 10.1 Å². The van der Waals surface area contributed by atoms with E-state index in [1.54, 1.807) is 19.1 Å². The van der Waals surface area contributed by atoms with E-state index < -0.39 is 10.1 Å². The molecule has 0 unspecified atom stereocenters. The summed E-state index contributed by atoms with van der Waals surface area (Å²) in [5.41, 5.74) is 1.55. The van der Waals surface area contributed by atoms with E-state index in [2.05, 4.69) is 6.58 Å². The predicted octanol–water partition coefficient (Wildman–Crippen LogP) is -1.45. The molecule has 1 aromatic carbocycles. The molecule has 0 amide bonds. The summed E-state index contributed by atoms with van der Waals surface area (Å²) in [7, 11) is -4.33. The van der Waals surface area contributed by atoms with Crippen LogP contribution >= 0.6 is 0 Å². The van der Waals surface area contributed by atoms with Gasteiger partial charge >= 0.3 is 29.6 Å². The van der Waals surface area contributed by atoms with Gasteiger partial charge < -0.3 is 4.55 Å². The summed E-state index contributed by atoms with van der Waals surface area (Å²) in [6.07, 6.45) is 1.61. The molecule has 1 rings (SSSR count). The van der Waals surface area contributed by atoms with Crippen LogP contribution in [0, 0.1) is 6.92 Å². The zero-order chi connectivity index (χ0) is 10.1. The van der Waals surface area contributed by atoms with Gasteiger partial charge in [0.2, 0.25) is 0 Å². The molecule has 0 radical (unpaired) electrons. The average molecular weight is 220 g/mol. The minimum Gasteiger partial charge on any atom is -0.744 e. The first-order valence-electron chi connectivity index (χ1n) is 3.64. The molecule has 0 saturated heterocycles. The number of hydrogen-bond acceptors (Lipinski definition) is 3. The number of aryl methyl sites for hydroxylation is 1. The maximum absolute atomic E-state index is 10.6. The quantitative estimate of drug-likeness (QED) is 0.452. The first-order chi connectivity index (χ1) is 5.95. The SMILES string of the molecule is C=Cc1ccc(S(=O)(=O)[O-])cc1C.[Na+]. The van der Waals surface area contributed by atoms with Crippen molar-refractivity contribution in [2.75, 3.05) is 0 Å². The van der Waals surface area contributed by atoms with E-state index in [9.17, 15) is 13.0 Å². The summed E-state index contributed by atoms with van der Waals surface area (Å²) in [5, 5.41) is 0. The van der Waals surface area contributed by atoms with Gasteiger partial charge in [0.25, 0.3) is 0 Å². The van der Waals surface area contributed by atoms with Gasteiger partial charge in [-0.3, -0.25) is 0 Å². The van der Waals surface area contributed by atoms with Gasteiger partial charge in [0.15, 0.2) is 0 Å². The van der Waals surface area contributed by atoms with Crippen molar-refractivity contribution in [3.63, 3.8) is 0 Å². The maximum Gasteiger partial charge on any atom is 1.00 e. The van der Waals surface area contributed by atoms with Crippen molar-refractivity contribution in [1.82, 2.24) is 0 Å². The van der Waals surface area contributed by atoms with Crippen LogP contribution in [-0.2, 0) is 10.1 Å². The molecule has 0 aliphatic heterocycles. The minimum absolute atomic E-state index is 0. The molecule has 0 aromatic heterocycles. The topological polar surface area (TPSA) is 57.2 Å². The Morgan fingerprint density at radius 3 is 2.36 bits per heavy atom. The minimum atomic E-state index is -4.33. The molecule has 70 valence electrons. The second-order valence-corrected chi connectivity index (χ2v) is 4.06. The Bertz CT molecular complexity index is 437. The molecule has 0 atom stereocenters. The third kappa shape index (κ3) is 3.22. The normalized spacial score (nSPS) is 10.4. The third-order valence-electron chi connectivity index (χ3n) is 1.75. The molecule has 5 heteroatoms. The molecule has 1 aromatic rings. The first kappa shape index (κ1) is 13.9. The molecule has 14 heavy (non-hydrogen) atoms. The number of rotatable bonds is 2. The molecule has 0 aliphatic rings. The van der Waals surface area contributed by atoms with Crippen LogP contribution in [0.5, 0.6) is 0 Å². The van der Waals surface area contributed by atoms with E-state index in [0.29, 0.717) is 0 Å². The number of benzene rings is 1. The van der Waals surface area contributed by atoms with Crippen molar-refractivity contribution in [2.24, 2.45) is 0 Å². The van der Waals surface area contributed by atoms with Gasteiger partial charge in [-0.1, -0.05) is 18.7 Å².